The van der Waals surface area contributed by atoms with Crippen molar-refractivity contribution in [3.05, 3.63) is 40.3 Å². The van der Waals surface area contributed by atoms with Gasteiger partial charge in [0.25, 0.3) is 0 Å². The first kappa shape index (κ1) is 24.5. The van der Waals surface area contributed by atoms with Crippen LogP contribution in [0.15, 0.2) is 34.6 Å². The lowest BCUT2D eigenvalue weighted by atomic mass is 9.90. The predicted molar refractivity (Wildman–Crippen MR) is 145 cm³/mol. The molecule has 1 N–H and O–H groups in total. The molecule has 5 rings (SSSR count). The molecule has 0 saturated carbocycles. The molecule has 0 spiro atoms. The Morgan fingerprint density at radius 3 is 2.83 bits per heavy atom. The van der Waals surface area contributed by atoms with E-state index in [2.05, 4.69) is 36.3 Å². The first-order valence-corrected chi connectivity index (χ1v) is 14.7. The molecule has 4 heterocycles. The maximum absolute atomic E-state index is 12.7. The number of nitrogens with zero attached hydrogens (tertiary/aromatic N) is 4. The zero-order valence-corrected chi connectivity index (χ0v) is 22.8. The van der Waals surface area contributed by atoms with Gasteiger partial charge in [-0.15, -0.1) is 21.5 Å². The van der Waals surface area contributed by atoms with Gasteiger partial charge in [-0.05, 0) is 43.9 Å². The van der Waals surface area contributed by atoms with Crippen LogP contribution >= 0.6 is 34.9 Å². The van der Waals surface area contributed by atoms with Gasteiger partial charge in [0.05, 0.1) is 23.3 Å². The van der Waals surface area contributed by atoms with Gasteiger partial charge in [-0.2, -0.15) is 0 Å². The van der Waals surface area contributed by atoms with E-state index >= 15 is 0 Å². The Morgan fingerprint density at radius 1 is 1.23 bits per heavy atom. The van der Waals surface area contributed by atoms with Crippen LogP contribution in [0.4, 0.5) is 5.69 Å². The van der Waals surface area contributed by atoms with Crippen molar-refractivity contribution < 1.29 is 9.53 Å². The molecule has 0 unspecified atom stereocenters. The van der Waals surface area contributed by atoms with Gasteiger partial charge < -0.3 is 10.1 Å². The van der Waals surface area contributed by atoms with E-state index < -0.39 is 0 Å². The smallest absolute Gasteiger partial charge is 0.234 e. The minimum absolute atomic E-state index is 0.0679. The molecular weight excluding hydrogens is 499 g/mol. The average molecular weight is 528 g/mol. The number of hydrogen-bond acceptors (Lipinski definition) is 8. The van der Waals surface area contributed by atoms with Crippen LogP contribution in [-0.4, -0.2) is 42.6 Å². The highest BCUT2D eigenvalue weighted by Crippen LogP contribution is 2.42. The standard InChI is InChI=1S/C25H29N5O2S3/c1-5-11-33-23-27-22-20(16-12-25(4,6-2)32-13-18(16)35-22)21-28-29-24(30(21)23)34-14-19(31)26-17-10-8-7-9-15(17)3/h7-10H,5-6,11-14H2,1-4H3,(H,26,31)/t25-/m0/s1. The van der Waals surface area contributed by atoms with Crippen molar-refractivity contribution in [2.24, 2.45) is 0 Å². The maximum Gasteiger partial charge on any atom is 0.234 e. The molecule has 0 aliphatic carbocycles. The summed E-state index contributed by atoms with van der Waals surface area (Å²) in [6, 6.07) is 7.78. The number of nitrogens with one attached hydrogen (secondary N) is 1. The third-order valence-electron chi connectivity index (χ3n) is 6.35. The van der Waals surface area contributed by atoms with E-state index in [0.717, 1.165) is 57.3 Å². The number of rotatable bonds is 8. The number of aromatic nitrogens is 4. The van der Waals surface area contributed by atoms with Gasteiger partial charge in [-0.1, -0.05) is 55.6 Å². The lowest BCUT2D eigenvalue weighted by molar-refractivity contribution is -0.113. The fourth-order valence-corrected chi connectivity index (χ4v) is 6.95. The third kappa shape index (κ3) is 4.81. The quantitative estimate of drug-likeness (QED) is 0.218. The van der Waals surface area contributed by atoms with Crippen LogP contribution in [-0.2, 0) is 22.6 Å². The summed E-state index contributed by atoms with van der Waals surface area (Å²) >= 11 is 4.80. The second-order valence-corrected chi connectivity index (χ2v) is 12.1. The number of benzene rings is 1. The summed E-state index contributed by atoms with van der Waals surface area (Å²) in [6.45, 7) is 9.10. The number of carbonyl (C=O) groups excluding carboxylic acids is 1. The molecule has 1 aromatic carbocycles. The summed E-state index contributed by atoms with van der Waals surface area (Å²) in [5, 5.41) is 14.8. The van der Waals surface area contributed by atoms with E-state index in [9.17, 15) is 4.79 Å². The van der Waals surface area contributed by atoms with Crippen LogP contribution in [0.1, 0.15) is 49.6 Å². The Morgan fingerprint density at radius 2 is 2.06 bits per heavy atom. The largest absolute Gasteiger partial charge is 0.369 e. The van der Waals surface area contributed by atoms with Crippen molar-refractivity contribution in [2.75, 3.05) is 16.8 Å². The first-order valence-electron chi connectivity index (χ1n) is 11.9. The van der Waals surface area contributed by atoms with Gasteiger partial charge in [0.15, 0.2) is 16.0 Å². The van der Waals surface area contributed by atoms with Crippen LogP contribution in [0, 0.1) is 6.92 Å². The zero-order chi connectivity index (χ0) is 24.6. The van der Waals surface area contributed by atoms with Gasteiger partial charge in [-0.25, -0.2) is 9.38 Å². The van der Waals surface area contributed by atoms with E-state index in [-0.39, 0.29) is 17.3 Å². The molecule has 10 heteroatoms. The Labute approximate surface area is 217 Å². The molecule has 4 aromatic rings. The van der Waals surface area contributed by atoms with Crippen molar-refractivity contribution in [3.63, 3.8) is 0 Å². The highest BCUT2D eigenvalue weighted by molar-refractivity contribution is 8.00. The highest BCUT2D eigenvalue weighted by atomic mass is 32.2. The summed E-state index contributed by atoms with van der Waals surface area (Å²) in [5.41, 5.74) is 3.80. The number of thiophene rings is 1. The predicted octanol–water partition coefficient (Wildman–Crippen LogP) is 6.12. The molecule has 0 fully saturated rings. The monoisotopic (exact) mass is 527 g/mol. The molecular formula is C25H29N5O2S3. The normalized spacial score (nSPS) is 17.7. The molecule has 1 aliphatic rings. The summed E-state index contributed by atoms with van der Waals surface area (Å²) in [6.07, 6.45) is 2.83. The minimum Gasteiger partial charge on any atom is -0.369 e. The molecule has 35 heavy (non-hydrogen) atoms. The number of aryl methyl sites for hydroxylation is 1. The van der Waals surface area contributed by atoms with Gasteiger partial charge in [0.1, 0.15) is 4.83 Å². The van der Waals surface area contributed by atoms with E-state index in [1.807, 2.05) is 35.6 Å². The minimum atomic E-state index is -0.182. The van der Waals surface area contributed by atoms with Gasteiger partial charge in [-0.3, -0.25) is 4.79 Å². The van der Waals surface area contributed by atoms with E-state index in [4.69, 9.17) is 9.72 Å². The molecule has 1 amide bonds. The van der Waals surface area contributed by atoms with Crippen molar-refractivity contribution in [3.8, 4) is 0 Å². The lowest BCUT2D eigenvalue weighted by Gasteiger charge is -2.33. The maximum atomic E-state index is 12.7. The fourth-order valence-electron chi connectivity index (χ4n) is 4.16. The number of amides is 1. The fraction of sp³-hybridized carbons (Fsp3) is 0.440. The number of thioether (sulfide) groups is 2. The summed E-state index contributed by atoms with van der Waals surface area (Å²) in [7, 11) is 0. The number of ether oxygens (including phenoxy) is 1. The van der Waals surface area contributed by atoms with Crippen molar-refractivity contribution in [1.29, 1.82) is 0 Å². The molecule has 0 saturated heterocycles. The molecule has 184 valence electrons. The SMILES string of the molecule is CCCSc1nc2sc3c(c2c2nnc(SCC(=O)Nc4ccccc4C)n12)C[C@](C)(CC)OC3. The van der Waals surface area contributed by atoms with E-state index in [1.165, 1.54) is 22.2 Å². The second kappa shape index (κ2) is 10.1. The van der Waals surface area contributed by atoms with Crippen LogP contribution in [0.5, 0.6) is 0 Å². The van der Waals surface area contributed by atoms with E-state index in [0.29, 0.717) is 11.8 Å². The van der Waals surface area contributed by atoms with E-state index in [1.54, 1.807) is 23.1 Å². The highest BCUT2D eigenvalue weighted by Gasteiger charge is 2.33. The molecule has 1 atom stereocenters. The Balaban J connectivity index is 1.50. The molecule has 7 nitrogen and oxygen atoms in total. The van der Waals surface area contributed by atoms with Crippen LogP contribution in [0.3, 0.4) is 0 Å². The van der Waals surface area contributed by atoms with Crippen molar-refractivity contribution >= 4 is 62.3 Å². The lowest BCUT2D eigenvalue weighted by Crippen LogP contribution is -2.33. The number of fused-ring (bicyclic) bond motifs is 5. The van der Waals surface area contributed by atoms with Crippen LogP contribution < -0.4 is 5.32 Å². The van der Waals surface area contributed by atoms with Crippen molar-refractivity contribution in [1.82, 2.24) is 19.6 Å². The van der Waals surface area contributed by atoms with Crippen LogP contribution in [0.2, 0.25) is 0 Å². The second-order valence-electron chi connectivity index (χ2n) is 8.99. The Bertz CT molecular complexity index is 1400. The number of para-hydroxylation sites is 1. The van der Waals surface area contributed by atoms with Gasteiger partial charge >= 0.3 is 0 Å². The third-order valence-corrected chi connectivity index (χ3v) is 9.53. The first-order chi connectivity index (χ1) is 16.9. The van der Waals surface area contributed by atoms with Crippen molar-refractivity contribution in [2.45, 2.75) is 69.5 Å². The average Bonchev–Trinajstić information content (AvgIpc) is 3.43. The molecule has 0 bridgehead atoms. The van der Waals surface area contributed by atoms with Crippen LogP contribution in [0.25, 0.3) is 15.9 Å². The number of hydrogen-bond donors (Lipinski definition) is 1. The molecule has 1 aliphatic heterocycles. The Kier molecular flexibility index (Phi) is 7.07. The summed E-state index contributed by atoms with van der Waals surface area (Å²) < 4.78 is 8.23. The molecule has 0 radical (unpaired) electrons. The van der Waals surface area contributed by atoms with Gasteiger partial charge in [0.2, 0.25) is 5.91 Å². The Hall–Kier alpha value is -2.14. The van der Waals surface area contributed by atoms with Gasteiger partial charge in [0, 0.05) is 22.7 Å². The zero-order valence-electron chi connectivity index (χ0n) is 20.4. The number of anilines is 1. The number of carbonyl (C=O) groups is 1. The molecule has 3 aromatic heterocycles. The topological polar surface area (TPSA) is 81.4 Å². The summed E-state index contributed by atoms with van der Waals surface area (Å²) in [4.78, 5) is 20.0. The summed E-state index contributed by atoms with van der Waals surface area (Å²) in [5.74, 6) is 1.13.